The van der Waals surface area contributed by atoms with Gasteiger partial charge in [0.05, 0.1) is 30.9 Å². The predicted octanol–water partition coefficient (Wildman–Crippen LogP) is 3.49. The zero-order chi connectivity index (χ0) is 22.1. The first-order valence-corrected chi connectivity index (χ1v) is 11.1. The number of benzene rings is 2. The monoisotopic (exact) mass is 453 g/mol. The molecular formula is C23H23N3O5S. The summed E-state index contributed by atoms with van der Waals surface area (Å²) in [5.74, 6) is 1.77. The highest BCUT2D eigenvalue weighted by Crippen LogP contribution is 2.41. The molecule has 0 radical (unpaired) electrons. The van der Waals surface area contributed by atoms with Crippen molar-refractivity contribution in [2.24, 2.45) is 4.99 Å². The molecule has 0 aromatic heterocycles. The van der Waals surface area contributed by atoms with Crippen LogP contribution in [0.4, 0.5) is 11.4 Å². The van der Waals surface area contributed by atoms with Gasteiger partial charge in [0.25, 0.3) is 5.91 Å². The molecule has 2 aromatic carbocycles. The summed E-state index contributed by atoms with van der Waals surface area (Å²) in [5.41, 5.74) is 2.69. The van der Waals surface area contributed by atoms with Crippen LogP contribution in [0.15, 0.2) is 46.3 Å². The van der Waals surface area contributed by atoms with Crippen LogP contribution in [0.25, 0.3) is 6.08 Å². The van der Waals surface area contributed by atoms with Crippen molar-refractivity contribution in [3.05, 3.63) is 46.9 Å². The smallest absolute Gasteiger partial charge is 0.266 e. The lowest BCUT2D eigenvalue weighted by molar-refractivity contribution is -0.121. The van der Waals surface area contributed by atoms with Crippen molar-refractivity contribution in [3.63, 3.8) is 0 Å². The maximum absolute atomic E-state index is 12.8. The number of likely N-dealkylation sites (N-methyl/N-ethyl adjacent to an activating group) is 1. The Labute approximate surface area is 190 Å². The number of anilines is 1. The van der Waals surface area contributed by atoms with Gasteiger partial charge in [-0.25, -0.2) is 4.99 Å². The molecule has 2 aromatic rings. The van der Waals surface area contributed by atoms with Gasteiger partial charge in [0, 0.05) is 37.5 Å². The summed E-state index contributed by atoms with van der Waals surface area (Å²) in [6.45, 7) is 3.45. The number of rotatable bonds is 4. The summed E-state index contributed by atoms with van der Waals surface area (Å²) in [4.78, 5) is 22.0. The zero-order valence-electron chi connectivity index (χ0n) is 17.9. The van der Waals surface area contributed by atoms with Crippen molar-refractivity contribution in [1.29, 1.82) is 0 Å². The number of amidine groups is 1. The number of ether oxygens (including phenoxy) is 4. The molecule has 0 saturated carbocycles. The molecule has 1 amide bonds. The van der Waals surface area contributed by atoms with Gasteiger partial charge in [-0.15, -0.1) is 0 Å². The summed E-state index contributed by atoms with van der Waals surface area (Å²) in [5, 5.41) is 0.625. The minimum Gasteiger partial charge on any atom is -0.496 e. The van der Waals surface area contributed by atoms with Crippen LogP contribution in [0.2, 0.25) is 0 Å². The molecule has 0 N–H and O–H groups in total. The topological polar surface area (TPSA) is 72.8 Å². The quantitative estimate of drug-likeness (QED) is 0.656. The maximum Gasteiger partial charge on any atom is 0.266 e. The van der Waals surface area contributed by atoms with Crippen molar-refractivity contribution in [1.82, 2.24) is 4.90 Å². The molecule has 0 unspecified atom stereocenters. The Hall–Kier alpha value is -3.17. The SMILES string of the molecule is COc1cc2c(cc1C=C1SC(=Nc3ccc(N4CCOCC4)cc3)N(C)C1=O)OCO2. The van der Waals surface area contributed by atoms with Gasteiger partial charge >= 0.3 is 0 Å². The normalized spacial score (nSPS) is 20.5. The first kappa shape index (κ1) is 20.7. The van der Waals surface area contributed by atoms with E-state index >= 15 is 0 Å². The fourth-order valence-corrected chi connectivity index (χ4v) is 4.67. The van der Waals surface area contributed by atoms with Crippen LogP contribution in [-0.4, -0.2) is 63.2 Å². The van der Waals surface area contributed by atoms with Crippen molar-refractivity contribution in [3.8, 4) is 17.2 Å². The number of aliphatic imine (C=N–C) groups is 1. The third-order valence-corrected chi connectivity index (χ3v) is 6.53. The lowest BCUT2D eigenvalue weighted by Gasteiger charge is -2.28. The van der Waals surface area contributed by atoms with Crippen LogP contribution < -0.4 is 19.1 Å². The van der Waals surface area contributed by atoms with Crippen LogP contribution in [0.3, 0.4) is 0 Å². The second-order valence-corrected chi connectivity index (χ2v) is 8.44. The second-order valence-electron chi connectivity index (χ2n) is 7.43. The van der Waals surface area contributed by atoms with Gasteiger partial charge in [0.15, 0.2) is 16.7 Å². The first-order chi connectivity index (χ1) is 15.6. The van der Waals surface area contributed by atoms with Crippen LogP contribution in [0.1, 0.15) is 5.56 Å². The molecule has 5 rings (SSSR count). The third kappa shape index (κ3) is 4.01. The molecule has 0 aliphatic carbocycles. The lowest BCUT2D eigenvalue weighted by Crippen LogP contribution is -2.36. The molecule has 0 atom stereocenters. The molecule has 0 spiro atoms. The molecule has 8 nitrogen and oxygen atoms in total. The highest BCUT2D eigenvalue weighted by molar-refractivity contribution is 8.18. The maximum atomic E-state index is 12.8. The number of methoxy groups -OCH3 is 1. The van der Waals surface area contributed by atoms with Gasteiger partial charge in [0.2, 0.25) is 6.79 Å². The van der Waals surface area contributed by atoms with E-state index in [1.807, 2.05) is 18.2 Å². The highest BCUT2D eigenvalue weighted by atomic mass is 32.2. The zero-order valence-corrected chi connectivity index (χ0v) is 18.7. The Kier molecular flexibility index (Phi) is 5.67. The summed E-state index contributed by atoms with van der Waals surface area (Å²) in [7, 11) is 3.32. The Balaban J connectivity index is 1.37. The van der Waals surface area contributed by atoms with E-state index in [1.54, 1.807) is 31.2 Å². The Morgan fingerprint density at radius 2 is 1.81 bits per heavy atom. The van der Waals surface area contributed by atoms with Gasteiger partial charge in [-0.3, -0.25) is 9.69 Å². The number of morpholine rings is 1. The van der Waals surface area contributed by atoms with E-state index in [0.29, 0.717) is 27.3 Å². The molecule has 2 saturated heterocycles. The second kappa shape index (κ2) is 8.76. The summed E-state index contributed by atoms with van der Waals surface area (Å²) in [6.07, 6.45) is 1.80. The Morgan fingerprint density at radius 1 is 1.09 bits per heavy atom. The van der Waals surface area contributed by atoms with Crippen LogP contribution in [-0.2, 0) is 9.53 Å². The number of nitrogens with zero attached hydrogens (tertiary/aromatic N) is 3. The fraction of sp³-hybridized carbons (Fsp3) is 0.304. The molecular weight excluding hydrogens is 430 g/mol. The predicted molar refractivity (Wildman–Crippen MR) is 124 cm³/mol. The van der Waals surface area contributed by atoms with E-state index in [9.17, 15) is 4.79 Å². The third-order valence-electron chi connectivity index (χ3n) is 5.47. The average molecular weight is 454 g/mol. The minimum atomic E-state index is -0.113. The Morgan fingerprint density at radius 3 is 2.53 bits per heavy atom. The van der Waals surface area contributed by atoms with Crippen LogP contribution >= 0.6 is 11.8 Å². The number of hydrogen-bond acceptors (Lipinski definition) is 8. The molecule has 9 heteroatoms. The van der Waals surface area contributed by atoms with Gasteiger partial charge < -0.3 is 23.8 Å². The van der Waals surface area contributed by atoms with Crippen molar-refractivity contribution in [2.75, 3.05) is 52.2 Å². The molecule has 32 heavy (non-hydrogen) atoms. The average Bonchev–Trinajstić information content (AvgIpc) is 3.39. The van der Waals surface area contributed by atoms with E-state index in [1.165, 1.54) is 11.8 Å². The molecule has 3 aliphatic rings. The van der Waals surface area contributed by atoms with Gasteiger partial charge in [-0.1, -0.05) is 0 Å². The van der Waals surface area contributed by atoms with Crippen molar-refractivity contribution in [2.45, 2.75) is 0 Å². The molecule has 0 bridgehead atoms. The molecule has 166 valence electrons. The van der Waals surface area contributed by atoms with E-state index < -0.39 is 0 Å². The summed E-state index contributed by atoms with van der Waals surface area (Å²) >= 11 is 1.33. The lowest BCUT2D eigenvalue weighted by atomic mass is 10.1. The number of thioether (sulfide) groups is 1. The minimum absolute atomic E-state index is 0.113. The van der Waals surface area contributed by atoms with Crippen LogP contribution in [0.5, 0.6) is 17.2 Å². The van der Waals surface area contributed by atoms with Gasteiger partial charge in [-0.05, 0) is 48.2 Å². The summed E-state index contributed by atoms with van der Waals surface area (Å²) < 4.78 is 21.7. The van der Waals surface area contributed by atoms with Gasteiger partial charge in [0.1, 0.15) is 5.75 Å². The standard InChI is InChI=1S/C23H23N3O5S/c1-25-22(27)21(12-15-11-19-20(31-14-30-19)13-18(15)28-2)32-23(25)24-16-3-5-17(6-4-16)26-7-9-29-10-8-26/h3-6,11-13H,7-10,14H2,1-2H3. The van der Waals surface area contributed by atoms with E-state index in [4.69, 9.17) is 23.9 Å². The number of carbonyl (C=O) groups excluding carboxylic acids is 1. The highest BCUT2D eigenvalue weighted by Gasteiger charge is 2.31. The number of hydrogen-bond donors (Lipinski definition) is 0. The number of fused-ring (bicyclic) bond motifs is 1. The van der Waals surface area contributed by atoms with Crippen molar-refractivity contribution < 1.29 is 23.7 Å². The van der Waals surface area contributed by atoms with E-state index in [2.05, 4.69) is 17.0 Å². The first-order valence-electron chi connectivity index (χ1n) is 10.3. The van der Waals surface area contributed by atoms with Gasteiger partial charge in [-0.2, -0.15) is 0 Å². The van der Waals surface area contributed by atoms with Crippen molar-refractivity contribution >= 4 is 40.3 Å². The summed E-state index contributed by atoms with van der Waals surface area (Å²) in [6, 6.07) is 11.6. The van der Waals surface area contributed by atoms with E-state index in [-0.39, 0.29) is 12.7 Å². The molecule has 2 fully saturated rings. The molecule has 3 aliphatic heterocycles. The van der Waals surface area contributed by atoms with Crippen LogP contribution in [0, 0.1) is 0 Å². The molecule has 3 heterocycles. The Bertz CT molecular complexity index is 1090. The largest absolute Gasteiger partial charge is 0.496 e. The number of carbonyl (C=O) groups is 1. The fourth-order valence-electron chi connectivity index (χ4n) is 3.69. The number of amides is 1. The van der Waals surface area contributed by atoms with E-state index in [0.717, 1.165) is 43.2 Å².